The Labute approximate surface area is 166 Å². The van der Waals surface area contributed by atoms with Crippen LogP contribution in [0.4, 0.5) is 5.69 Å². The van der Waals surface area contributed by atoms with E-state index in [0.29, 0.717) is 36.3 Å². The van der Waals surface area contributed by atoms with Crippen molar-refractivity contribution in [3.63, 3.8) is 0 Å². The Morgan fingerprint density at radius 3 is 2.90 bits per heavy atom. The van der Waals surface area contributed by atoms with Gasteiger partial charge in [0, 0.05) is 17.4 Å². The first kappa shape index (κ1) is 17.6. The number of nitrogens with one attached hydrogen (secondary N) is 1. The molecular formula is C21H19N5O3. The molecule has 8 nitrogen and oxygen atoms in total. The molecule has 0 unspecified atom stereocenters. The zero-order valence-corrected chi connectivity index (χ0v) is 16.0. The lowest BCUT2D eigenvalue weighted by atomic mass is 9.89. The molecule has 1 fully saturated rings. The lowest BCUT2D eigenvalue weighted by molar-refractivity contribution is -0.0644. The molecule has 146 valence electrons. The molecule has 0 bridgehead atoms. The third kappa shape index (κ3) is 2.98. The van der Waals surface area contributed by atoms with Gasteiger partial charge < -0.3 is 14.6 Å². The molecule has 29 heavy (non-hydrogen) atoms. The third-order valence-corrected chi connectivity index (χ3v) is 5.18. The van der Waals surface area contributed by atoms with Crippen molar-refractivity contribution in [3.8, 4) is 11.4 Å². The quantitative estimate of drug-likeness (QED) is 0.576. The molecule has 8 heteroatoms. The SMILES string of the molecule is Cc1ccc(-c2noc(C3(C)COC3)n2)cc1NC(=O)c1cnc2ccccn12. The van der Waals surface area contributed by atoms with E-state index in [1.54, 1.807) is 10.6 Å². The number of rotatable bonds is 4. The summed E-state index contributed by atoms with van der Waals surface area (Å²) in [5, 5.41) is 7.08. The summed E-state index contributed by atoms with van der Waals surface area (Å²) in [7, 11) is 0. The lowest BCUT2D eigenvalue weighted by Crippen LogP contribution is -2.44. The average Bonchev–Trinajstić information content (AvgIpc) is 3.35. The summed E-state index contributed by atoms with van der Waals surface area (Å²) in [6, 6.07) is 11.3. The monoisotopic (exact) mass is 389 g/mol. The highest BCUT2D eigenvalue weighted by atomic mass is 16.5. The van der Waals surface area contributed by atoms with E-state index in [9.17, 15) is 4.79 Å². The van der Waals surface area contributed by atoms with E-state index in [-0.39, 0.29) is 11.3 Å². The van der Waals surface area contributed by atoms with Crippen LogP contribution in [0.5, 0.6) is 0 Å². The Hall–Kier alpha value is -3.52. The maximum Gasteiger partial charge on any atom is 0.274 e. The van der Waals surface area contributed by atoms with Crippen LogP contribution in [0.1, 0.15) is 28.9 Å². The number of hydrogen-bond donors (Lipinski definition) is 1. The fourth-order valence-electron chi connectivity index (χ4n) is 3.30. The van der Waals surface area contributed by atoms with Crippen molar-refractivity contribution in [2.24, 2.45) is 0 Å². The molecule has 1 aliphatic rings. The van der Waals surface area contributed by atoms with Crippen LogP contribution in [0.25, 0.3) is 17.0 Å². The number of ether oxygens (including phenoxy) is 1. The first-order valence-corrected chi connectivity index (χ1v) is 9.30. The Balaban J connectivity index is 1.43. The van der Waals surface area contributed by atoms with Gasteiger partial charge in [0.1, 0.15) is 11.3 Å². The van der Waals surface area contributed by atoms with E-state index in [0.717, 1.165) is 16.8 Å². The highest BCUT2D eigenvalue weighted by Gasteiger charge is 2.40. The van der Waals surface area contributed by atoms with Crippen LogP contribution in [0.3, 0.4) is 0 Å². The Morgan fingerprint density at radius 2 is 2.10 bits per heavy atom. The number of aryl methyl sites for hydroxylation is 1. The van der Waals surface area contributed by atoms with Gasteiger partial charge in [0.15, 0.2) is 0 Å². The fourth-order valence-corrected chi connectivity index (χ4v) is 3.30. The summed E-state index contributed by atoms with van der Waals surface area (Å²) >= 11 is 0. The Morgan fingerprint density at radius 1 is 1.24 bits per heavy atom. The number of amides is 1. The lowest BCUT2D eigenvalue weighted by Gasteiger charge is -2.33. The van der Waals surface area contributed by atoms with Crippen molar-refractivity contribution in [2.45, 2.75) is 19.3 Å². The van der Waals surface area contributed by atoms with Crippen LogP contribution in [0, 0.1) is 6.92 Å². The summed E-state index contributed by atoms with van der Waals surface area (Å²) in [6.07, 6.45) is 3.38. The van der Waals surface area contributed by atoms with Crippen LogP contribution in [-0.4, -0.2) is 38.6 Å². The molecule has 1 amide bonds. The first-order valence-electron chi connectivity index (χ1n) is 9.30. The Bertz CT molecular complexity index is 1220. The second-order valence-corrected chi connectivity index (χ2v) is 7.53. The van der Waals surface area contributed by atoms with Crippen molar-refractivity contribution in [3.05, 3.63) is 65.9 Å². The normalized spacial score (nSPS) is 15.2. The van der Waals surface area contributed by atoms with Gasteiger partial charge >= 0.3 is 0 Å². The van der Waals surface area contributed by atoms with Crippen LogP contribution >= 0.6 is 0 Å². The van der Waals surface area contributed by atoms with Gasteiger partial charge in [0.25, 0.3) is 5.91 Å². The maximum atomic E-state index is 12.8. The first-order chi connectivity index (χ1) is 14.0. The highest BCUT2D eigenvalue weighted by Crippen LogP contribution is 2.32. The number of hydrogen-bond acceptors (Lipinski definition) is 6. The highest BCUT2D eigenvalue weighted by molar-refractivity contribution is 6.04. The fraction of sp³-hybridized carbons (Fsp3) is 0.238. The summed E-state index contributed by atoms with van der Waals surface area (Å²) in [6.45, 7) is 5.11. The minimum Gasteiger partial charge on any atom is -0.379 e. The summed E-state index contributed by atoms with van der Waals surface area (Å²) in [5.74, 6) is 0.811. The number of aromatic nitrogens is 4. The van der Waals surface area contributed by atoms with Gasteiger partial charge in [-0.15, -0.1) is 0 Å². The van der Waals surface area contributed by atoms with Crippen molar-refractivity contribution in [1.29, 1.82) is 0 Å². The predicted molar refractivity (Wildman–Crippen MR) is 106 cm³/mol. The second-order valence-electron chi connectivity index (χ2n) is 7.53. The van der Waals surface area contributed by atoms with Gasteiger partial charge in [0.2, 0.25) is 11.7 Å². The van der Waals surface area contributed by atoms with Crippen molar-refractivity contribution in [2.75, 3.05) is 18.5 Å². The van der Waals surface area contributed by atoms with Crippen LogP contribution < -0.4 is 5.32 Å². The molecule has 4 heterocycles. The zero-order valence-electron chi connectivity index (χ0n) is 16.0. The molecule has 5 rings (SSSR count). The second kappa shape index (κ2) is 6.52. The van der Waals surface area contributed by atoms with E-state index in [1.165, 1.54) is 0 Å². The van der Waals surface area contributed by atoms with E-state index in [1.807, 2.05) is 56.4 Å². The van der Waals surface area contributed by atoms with E-state index >= 15 is 0 Å². The van der Waals surface area contributed by atoms with Gasteiger partial charge in [0.05, 0.1) is 24.8 Å². The largest absolute Gasteiger partial charge is 0.379 e. The minimum atomic E-state index is -0.239. The number of pyridine rings is 1. The standard InChI is InChI=1S/C21H19N5O3/c1-13-6-7-14(18-24-20(29-25-18)21(2)11-28-12-21)9-15(13)23-19(27)16-10-22-17-5-3-4-8-26(16)17/h3-10H,11-12H2,1-2H3,(H,23,27). The van der Waals surface area contributed by atoms with Crippen LogP contribution in [0.2, 0.25) is 0 Å². The minimum absolute atomic E-state index is 0.226. The number of anilines is 1. The van der Waals surface area contributed by atoms with Gasteiger partial charge in [-0.2, -0.15) is 4.98 Å². The summed E-state index contributed by atoms with van der Waals surface area (Å²) in [5.41, 5.74) is 3.33. The molecule has 0 radical (unpaired) electrons. The molecule has 0 spiro atoms. The molecule has 0 atom stereocenters. The molecule has 1 aromatic carbocycles. The van der Waals surface area contributed by atoms with E-state index < -0.39 is 0 Å². The molecule has 0 aliphatic carbocycles. The van der Waals surface area contributed by atoms with Gasteiger partial charge in [-0.05, 0) is 37.6 Å². The summed E-state index contributed by atoms with van der Waals surface area (Å²) in [4.78, 5) is 21.6. The smallest absolute Gasteiger partial charge is 0.274 e. The number of carbonyl (C=O) groups excluding carboxylic acids is 1. The van der Waals surface area contributed by atoms with E-state index in [4.69, 9.17) is 9.26 Å². The molecule has 1 saturated heterocycles. The number of imidazole rings is 1. The zero-order chi connectivity index (χ0) is 20.0. The Kier molecular flexibility index (Phi) is 3.95. The molecule has 3 aromatic heterocycles. The van der Waals surface area contributed by atoms with Crippen molar-refractivity contribution in [1.82, 2.24) is 19.5 Å². The third-order valence-electron chi connectivity index (χ3n) is 5.18. The maximum absolute atomic E-state index is 12.8. The van der Waals surface area contributed by atoms with Crippen LogP contribution in [0.15, 0.2) is 53.3 Å². The van der Waals surface area contributed by atoms with Crippen LogP contribution in [-0.2, 0) is 10.2 Å². The number of carbonyl (C=O) groups is 1. The number of nitrogens with zero attached hydrogens (tertiary/aromatic N) is 4. The predicted octanol–water partition coefficient (Wildman–Crippen LogP) is 3.23. The summed E-state index contributed by atoms with van der Waals surface area (Å²) < 4.78 is 12.5. The van der Waals surface area contributed by atoms with Gasteiger partial charge in [-0.3, -0.25) is 9.20 Å². The number of fused-ring (bicyclic) bond motifs is 1. The topological polar surface area (TPSA) is 94.5 Å². The van der Waals surface area contributed by atoms with Gasteiger partial charge in [-0.1, -0.05) is 23.4 Å². The molecule has 4 aromatic rings. The number of benzene rings is 1. The molecular weight excluding hydrogens is 370 g/mol. The van der Waals surface area contributed by atoms with Crippen molar-refractivity contribution >= 4 is 17.2 Å². The molecule has 1 N–H and O–H groups in total. The van der Waals surface area contributed by atoms with E-state index in [2.05, 4.69) is 20.4 Å². The van der Waals surface area contributed by atoms with Crippen molar-refractivity contribution < 1.29 is 14.1 Å². The molecule has 1 aliphatic heterocycles. The molecule has 0 saturated carbocycles. The average molecular weight is 389 g/mol. The van der Waals surface area contributed by atoms with Gasteiger partial charge in [-0.25, -0.2) is 4.98 Å².